The SMILES string of the molecule is NS(=O)(=O)CCNC(=O)C(=O)N1CCNCC1. The van der Waals surface area contributed by atoms with Gasteiger partial charge in [-0.05, 0) is 0 Å². The number of piperazine rings is 1. The summed E-state index contributed by atoms with van der Waals surface area (Å²) in [5.74, 6) is -1.82. The molecule has 0 aliphatic carbocycles. The van der Waals surface area contributed by atoms with Gasteiger partial charge in [-0.15, -0.1) is 0 Å². The van der Waals surface area contributed by atoms with Crippen molar-refractivity contribution in [3.63, 3.8) is 0 Å². The maximum atomic E-state index is 11.6. The largest absolute Gasteiger partial charge is 0.347 e. The van der Waals surface area contributed by atoms with Gasteiger partial charge in [-0.25, -0.2) is 13.6 Å². The molecule has 8 nitrogen and oxygen atoms in total. The zero-order chi connectivity index (χ0) is 12.9. The zero-order valence-electron chi connectivity index (χ0n) is 9.31. The highest BCUT2D eigenvalue weighted by Crippen LogP contribution is 1.93. The number of amides is 2. The highest BCUT2D eigenvalue weighted by molar-refractivity contribution is 7.89. The Bertz CT molecular complexity index is 388. The van der Waals surface area contributed by atoms with E-state index >= 15 is 0 Å². The molecule has 2 amide bonds. The number of nitrogens with zero attached hydrogens (tertiary/aromatic N) is 1. The van der Waals surface area contributed by atoms with Gasteiger partial charge in [0.05, 0.1) is 5.75 Å². The second-order valence-electron chi connectivity index (χ2n) is 3.67. The number of nitrogens with two attached hydrogens (primary N) is 1. The van der Waals surface area contributed by atoms with E-state index in [2.05, 4.69) is 10.6 Å². The van der Waals surface area contributed by atoms with Crippen molar-refractivity contribution in [2.24, 2.45) is 5.14 Å². The van der Waals surface area contributed by atoms with Gasteiger partial charge < -0.3 is 15.5 Å². The molecule has 1 aliphatic rings. The first-order chi connectivity index (χ1) is 7.90. The standard InChI is InChI=1S/C8H16N4O4S/c9-17(15,16)6-3-11-7(13)8(14)12-4-1-10-2-5-12/h10H,1-6H2,(H,11,13)(H2,9,15,16). The van der Waals surface area contributed by atoms with Crippen LogP contribution in [0.5, 0.6) is 0 Å². The summed E-state index contributed by atoms with van der Waals surface area (Å²) >= 11 is 0. The van der Waals surface area contributed by atoms with Crippen LogP contribution in [0.15, 0.2) is 0 Å². The fourth-order valence-corrected chi connectivity index (χ4v) is 1.78. The van der Waals surface area contributed by atoms with Crippen molar-refractivity contribution in [1.29, 1.82) is 0 Å². The van der Waals surface area contributed by atoms with Crippen LogP contribution in [-0.2, 0) is 19.6 Å². The Kier molecular flexibility index (Phi) is 4.85. The van der Waals surface area contributed by atoms with E-state index in [1.165, 1.54) is 4.90 Å². The quantitative estimate of drug-likeness (QED) is 0.464. The van der Waals surface area contributed by atoms with E-state index in [0.29, 0.717) is 26.2 Å². The summed E-state index contributed by atoms with van der Waals surface area (Å²) in [4.78, 5) is 24.3. The summed E-state index contributed by atoms with van der Waals surface area (Å²) in [6.07, 6.45) is 0. The van der Waals surface area contributed by atoms with E-state index in [1.54, 1.807) is 0 Å². The van der Waals surface area contributed by atoms with Crippen LogP contribution in [0, 0.1) is 0 Å². The van der Waals surface area contributed by atoms with Gasteiger partial charge in [0.15, 0.2) is 0 Å². The van der Waals surface area contributed by atoms with Crippen LogP contribution >= 0.6 is 0 Å². The Morgan fingerprint density at radius 3 is 2.41 bits per heavy atom. The van der Waals surface area contributed by atoms with Gasteiger partial charge in [0.1, 0.15) is 0 Å². The summed E-state index contributed by atoms with van der Waals surface area (Å²) in [5, 5.41) is 10.0. The minimum absolute atomic E-state index is 0.157. The molecule has 0 saturated carbocycles. The molecule has 9 heteroatoms. The molecule has 1 saturated heterocycles. The second-order valence-corrected chi connectivity index (χ2v) is 5.40. The summed E-state index contributed by atoms with van der Waals surface area (Å²) in [6.45, 7) is 2.09. The summed E-state index contributed by atoms with van der Waals surface area (Å²) < 4.78 is 21.2. The molecule has 17 heavy (non-hydrogen) atoms. The lowest BCUT2D eigenvalue weighted by Crippen LogP contribution is -2.51. The number of hydrogen-bond acceptors (Lipinski definition) is 5. The Labute approximate surface area is 99.6 Å². The Balaban J connectivity index is 2.34. The van der Waals surface area contributed by atoms with Gasteiger partial charge in [-0.1, -0.05) is 0 Å². The van der Waals surface area contributed by atoms with Crippen molar-refractivity contribution in [1.82, 2.24) is 15.5 Å². The third-order valence-electron chi connectivity index (χ3n) is 2.27. The Morgan fingerprint density at radius 1 is 1.29 bits per heavy atom. The molecule has 0 radical (unpaired) electrons. The van der Waals surface area contributed by atoms with Crippen LogP contribution in [-0.4, -0.2) is 63.6 Å². The predicted molar refractivity (Wildman–Crippen MR) is 60.4 cm³/mol. The van der Waals surface area contributed by atoms with E-state index in [1.807, 2.05) is 0 Å². The average Bonchev–Trinajstić information content (AvgIpc) is 2.27. The molecule has 4 N–H and O–H groups in total. The summed E-state index contributed by atoms with van der Waals surface area (Å²) in [7, 11) is -3.62. The van der Waals surface area contributed by atoms with Crippen LogP contribution in [0.1, 0.15) is 0 Å². The number of primary sulfonamides is 1. The molecular formula is C8H16N4O4S. The van der Waals surface area contributed by atoms with Crippen LogP contribution in [0.3, 0.4) is 0 Å². The first kappa shape index (κ1) is 13.9. The molecular weight excluding hydrogens is 248 g/mol. The monoisotopic (exact) mass is 264 g/mol. The summed E-state index contributed by atoms with van der Waals surface area (Å²) in [6, 6.07) is 0. The lowest BCUT2D eigenvalue weighted by atomic mass is 10.3. The molecule has 98 valence electrons. The molecule has 1 aliphatic heterocycles. The zero-order valence-corrected chi connectivity index (χ0v) is 10.1. The summed E-state index contributed by atoms with van der Waals surface area (Å²) in [5.41, 5.74) is 0. The molecule has 0 spiro atoms. The van der Waals surface area contributed by atoms with E-state index in [9.17, 15) is 18.0 Å². The molecule has 0 bridgehead atoms. The molecule has 0 unspecified atom stereocenters. The number of hydrogen-bond donors (Lipinski definition) is 3. The minimum Gasteiger partial charge on any atom is -0.347 e. The molecule has 1 fully saturated rings. The van der Waals surface area contributed by atoms with Gasteiger partial charge in [-0.2, -0.15) is 0 Å². The third-order valence-corrected chi connectivity index (χ3v) is 3.04. The van der Waals surface area contributed by atoms with Crippen molar-refractivity contribution in [3.05, 3.63) is 0 Å². The normalized spacial score (nSPS) is 16.6. The smallest absolute Gasteiger partial charge is 0.311 e. The van der Waals surface area contributed by atoms with Crippen LogP contribution in [0.4, 0.5) is 0 Å². The van der Waals surface area contributed by atoms with Crippen LogP contribution in [0.25, 0.3) is 0 Å². The molecule has 0 aromatic rings. The molecule has 1 heterocycles. The predicted octanol–water partition coefficient (Wildman–Crippen LogP) is -3.18. The first-order valence-electron chi connectivity index (χ1n) is 5.18. The lowest BCUT2D eigenvalue weighted by molar-refractivity contribution is -0.146. The number of carbonyl (C=O) groups is 2. The molecule has 0 atom stereocenters. The van der Waals surface area contributed by atoms with Gasteiger partial charge >= 0.3 is 11.8 Å². The average molecular weight is 264 g/mol. The first-order valence-corrected chi connectivity index (χ1v) is 6.90. The fraction of sp³-hybridized carbons (Fsp3) is 0.750. The second kappa shape index (κ2) is 5.94. The third kappa shape index (κ3) is 5.11. The Morgan fingerprint density at radius 2 is 1.88 bits per heavy atom. The highest BCUT2D eigenvalue weighted by atomic mass is 32.2. The number of sulfonamides is 1. The minimum atomic E-state index is -3.62. The highest BCUT2D eigenvalue weighted by Gasteiger charge is 2.22. The topological polar surface area (TPSA) is 122 Å². The van der Waals surface area contributed by atoms with Crippen molar-refractivity contribution in [2.45, 2.75) is 0 Å². The van der Waals surface area contributed by atoms with E-state index in [0.717, 1.165) is 0 Å². The van der Waals surface area contributed by atoms with E-state index < -0.39 is 21.8 Å². The van der Waals surface area contributed by atoms with Crippen molar-refractivity contribution >= 4 is 21.8 Å². The maximum Gasteiger partial charge on any atom is 0.311 e. The van der Waals surface area contributed by atoms with Gasteiger partial charge in [0.25, 0.3) is 0 Å². The lowest BCUT2D eigenvalue weighted by Gasteiger charge is -2.26. The number of nitrogens with one attached hydrogen (secondary N) is 2. The van der Waals surface area contributed by atoms with Gasteiger partial charge in [0, 0.05) is 32.7 Å². The fourth-order valence-electron chi connectivity index (χ4n) is 1.39. The molecule has 1 rings (SSSR count). The van der Waals surface area contributed by atoms with E-state index in [-0.39, 0.29) is 12.3 Å². The van der Waals surface area contributed by atoms with Crippen molar-refractivity contribution in [3.8, 4) is 0 Å². The van der Waals surface area contributed by atoms with Crippen LogP contribution in [0.2, 0.25) is 0 Å². The van der Waals surface area contributed by atoms with Gasteiger partial charge in [0.2, 0.25) is 10.0 Å². The molecule has 0 aromatic heterocycles. The van der Waals surface area contributed by atoms with Gasteiger partial charge in [-0.3, -0.25) is 9.59 Å². The van der Waals surface area contributed by atoms with Crippen molar-refractivity contribution < 1.29 is 18.0 Å². The number of carbonyl (C=O) groups excluding carboxylic acids is 2. The Hall–Kier alpha value is -1.19. The number of rotatable bonds is 3. The maximum absolute atomic E-state index is 11.6. The molecule has 0 aromatic carbocycles. The van der Waals surface area contributed by atoms with E-state index in [4.69, 9.17) is 5.14 Å². The van der Waals surface area contributed by atoms with Crippen molar-refractivity contribution in [2.75, 3.05) is 38.5 Å². The van der Waals surface area contributed by atoms with Crippen LogP contribution < -0.4 is 15.8 Å².